The number of hydrogen-bond acceptors (Lipinski definition) is 1. The summed E-state index contributed by atoms with van der Waals surface area (Å²) in [7, 11) is 2.03. The van der Waals surface area contributed by atoms with E-state index in [1.807, 2.05) is 13.1 Å². The quantitative estimate of drug-likeness (QED) is 0.578. The second kappa shape index (κ2) is 7.35. The van der Waals surface area contributed by atoms with Crippen molar-refractivity contribution in [3.05, 3.63) is 12.7 Å². The van der Waals surface area contributed by atoms with Crippen molar-refractivity contribution in [1.29, 1.82) is 0 Å². The molecule has 0 aromatic carbocycles. The fraction of sp³-hybridized carbons (Fsp3) is 0.818. The molecule has 0 radical (unpaired) electrons. The van der Waals surface area contributed by atoms with Crippen LogP contribution in [0.25, 0.3) is 0 Å². The van der Waals surface area contributed by atoms with Gasteiger partial charge in [0.2, 0.25) is 0 Å². The molecule has 0 saturated heterocycles. The Bertz CT molecular complexity index is 110. The van der Waals surface area contributed by atoms with Crippen LogP contribution >= 0.6 is 0 Å². The van der Waals surface area contributed by atoms with Crippen LogP contribution in [0.3, 0.4) is 0 Å². The van der Waals surface area contributed by atoms with E-state index in [9.17, 15) is 0 Å². The van der Waals surface area contributed by atoms with Crippen molar-refractivity contribution in [2.45, 2.75) is 45.6 Å². The minimum Gasteiger partial charge on any atom is -0.317 e. The van der Waals surface area contributed by atoms with Crippen LogP contribution in [0.1, 0.15) is 39.5 Å². The number of nitrogens with one attached hydrogen (secondary N) is 1. The molecule has 0 fully saturated rings. The van der Waals surface area contributed by atoms with E-state index in [1.165, 1.54) is 19.3 Å². The van der Waals surface area contributed by atoms with Gasteiger partial charge < -0.3 is 5.32 Å². The van der Waals surface area contributed by atoms with E-state index in [2.05, 4.69) is 25.7 Å². The number of rotatable bonds is 7. The molecule has 2 atom stereocenters. The lowest BCUT2D eigenvalue weighted by Gasteiger charge is -2.12. The minimum absolute atomic E-state index is 0.668. The Morgan fingerprint density at radius 1 is 1.33 bits per heavy atom. The Hall–Kier alpha value is -0.300. The van der Waals surface area contributed by atoms with Crippen molar-refractivity contribution < 1.29 is 0 Å². The first-order chi connectivity index (χ1) is 5.70. The molecule has 0 heterocycles. The van der Waals surface area contributed by atoms with E-state index >= 15 is 0 Å². The normalized spacial score (nSPS) is 15.6. The molecule has 1 heteroatoms. The van der Waals surface area contributed by atoms with Crippen LogP contribution in [-0.4, -0.2) is 13.1 Å². The number of allylic oxidation sites excluding steroid dienone is 1. The van der Waals surface area contributed by atoms with E-state index in [0.717, 1.165) is 12.3 Å². The number of hydrogen-bond donors (Lipinski definition) is 1. The molecule has 0 aliphatic heterocycles. The Balaban J connectivity index is 3.23. The first-order valence-electron chi connectivity index (χ1n) is 4.98. The molecule has 0 aliphatic carbocycles. The van der Waals surface area contributed by atoms with Gasteiger partial charge in [-0.25, -0.2) is 0 Å². The van der Waals surface area contributed by atoms with Gasteiger partial charge in [-0.3, -0.25) is 0 Å². The first kappa shape index (κ1) is 11.7. The van der Waals surface area contributed by atoms with Gasteiger partial charge in [-0.15, -0.1) is 6.58 Å². The van der Waals surface area contributed by atoms with Gasteiger partial charge in [-0.05, 0) is 32.7 Å². The summed E-state index contributed by atoms with van der Waals surface area (Å²) in [4.78, 5) is 0. The van der Waals surface area contributed by atoms with Crippen molar-refractivity contribution in [1.82, 2.24) is 5.32 Å². The molecule has 0 aromatic rings. The monoisotopic (exact) mass is 169 g/mol. The Labute approximate surface area is 77.2 Å². The van der Waals surface area contributed by atoms with Crippen LogP contribution < -0.4 is 5.32 Å². The van der Waals surface area contributed by atoms with Gasteiger partial charge in [-0.1, -0.05) is 25.8 Å². The zero-order valence-electron chi connectivity index (χ0n) is 8.77. The molecule has 0 rings (SSSR count). The smallest absolute Gasteiger partial charge is 0.00357 e. The summed E-state index contributed by atoms with van der Waals surface area (Å²) < 4.78 is 0. The second-order valence-electron chi connectivity index (χ2n) is 3.75. The Morgan fingerprint density at radius 3 is 2.50 bits per heavy atom. The van der Waals surface area contributed by atoms with E-state index in [4.69, 9.17) is 0 Å². The van der Waals surface area contributed by atoms with Crippen LogP contribution in [0.4, 0.5) is 0 Å². The maximum absolute atomic E-state index is 3.75. The molecule has 72 valence electrons. The molecule has 0 bridgehead atoms. The molecule has 1 N–H and O–H groups in total. The van der Waals surface area contributed by atoms with Gasteiger partial charge >= 0.3 is 0 Å². The lowest BCUT2D eigenvalue weighted by Crippen LogP contribution is -2.20. The maximum Gasteiger partial charge on any atom is 0.00357 e. The second-order valence-corrected chi connectivity index (χ2v) is 3.75. The molecule has 2 unspecified atom stereocenters. The highest BCUT2D eigenvalue weighted by atomic mass is 14.8. The Morgan fingerprint density at radius 2 is 2.00 bits per heavy atom. The SMILES string of the molecule is C=CCC(C)CCCC(C)NC. The predicted molar refractivity (Wildman–Crippen MR) is 56.4 cm³/mol. The first-order valence-corrected chi connectivity index (χ1v) is 4.98. The standard InChI is InChI=1S/C11H23N/c1-5-7-10(2)8-6-9-11(3)12-4/h5,10-12H,1,6-9H2,2-4H3. The van der Waals surface area contributed by atoms with Gasteiger partial charge in [0.15, 0.2) is 0 Å². The van der Waals surface area contributed by atoms with E-state index in [-0.39, 0.29) is 0 Å². The highest BCUT2D eigenvalue weighted by molar-refractivity contribution is 4.70. The summed E-state index contributed by atoms with van der Waals surface area (Å²) in [5.74, 6) is 0.812. The topological polar surface area (TPSA) is 12.0 Å². The third kappa shape index (κ3) is 6.41. The minimum atomic E-state index is 0.668. The van der Waals surface area contributed by atoms with Crippen molar-refractivity contribution in [2.24, 2.45) is 5.92 Å². The fourth-order valence-corrected chi connectivity index (χ4v) is 1.32. The van der Waals surface area contributed by atoms with Crippen LogP contribution in [0.15, 0.2) is 12.7 Å². The highest BCUT2D eigenvalue weighted by Gasteiger charge is 2.01. The van der Waals surface area contributed by atoms with E-state index in [0.29, 0.717) is 6.04 Å². The molecule has 0 aromatic heterocycles. The van der Waals surface area contributed by atoms with Crippen LogP contribution in [0.2, 0.25) is 0 Å². The fourth-order valence-electron chi connectivity index (χ4n) is 1.32. The average Bonchev–Trinajstić information content (AvgIpc) is 2.04. The molecular weight excluding hydrogens is 146 g/mol. The molecule has 12 heavy (non-hydrogen) atoms. The summed E-state index contributed by atoms with van der Waals surface area (Å²) in [6.45, 7) is 8.28. The van der Waals surface area contributed by atoms with Crippen LogP contribution in [0, 0.1) is 5.92 Å². The van der Waals surface area contributed by atoms with Crippen molar-refractivity contribution in [3.8, 4) is 0 Å². The lowest BCUT2D eigenvalue weighted by atomic mass is 9.99. The van der Waals surface area contributed by atoms with Crippen molar-refractivity contribution >= 4 is 0 Å². The molecule has 0 aliphatic rings. The van der Waals surface area contributed by atoms with Crippen molar-refractivity contribution in [2.75, 3.05) is 7.05 Å². The third-order valence-electron chi connectivity index (χ3n) is 2.40. The molecule has 0 spiro atoms. The van der Waals surface area contributed by atoms with E-state index < -0.39 is 0 Å². The maximum atomic E-state index is 3.75. The van der Waals surface area contributed by atoms with Gasteiger partial charge in [0.1, 0.15) is 0 Å². The molecule has 0 saturated carbocycles. The predicted octanol–water partition coefficient (Wildman–Crippen LogP) is 2.98. The van der Waals surface area contributed by atoms with Crippen LogP contribution in [0.5, 0.6) is 0 Å². The zero-order chi connectivity index (χ0) is 9.40. The average molecular weight is 169 g/mol. The Kier molecular flexibility index (Phi) is 7.17. The molecular formula is C11H23N. The molecule has 0 amide bonds. The van der Waals surface area contributed by atoms with Gasteiger partial charge in [0, 0.05) is 6.04 Å². The van der Waals surface area contributed by atoms with Gasteiger partial charge in [-0.2, -0.15) is 0 Å². The van der Waals surface area contributed by atoms with Crippen molar-refractivity contribution in [3.63, 3.8) is 0 Å². The third-order valence-corrected chi connectivity index (χ3v) is 2.40. The summed E-state index contributed by atoms with van der Waals surface area (Å²) in [5, 5.41) is 3.25. The van der Waals surface area contributed by atoms with E-state index in [1.54, 1.807) is 0 Å². The summed E-state index contributed by atoms with van der Waals surface area (Å²) in [6, 6.07) is 0.668. The summed E-state index contributed by atoms with van der Waals surface area (Å²) >= 11 is 0. The van der Waals surface area contributed by atoms with Gasteiger partial charge in [0.05, 0.1) is 0 Å². The summed E-state index contributed by atoms with van der Waals surface area (Å²) in [5.41, 5.74) is 0. The van der Waals surface area contributed by atoms with Crippen LogP contribution in [-0.2, 0) is 0 Å². The zero-order valence-corrected chi connectivity index (χ0v) is 8.77. The largest absolute Gasteiger partial charge is 0.317 e. The lowest BCUT2D eigenvalue weighted by molar-refractivity contribution is 0.461. The molecule has 1 nitrogen and oxygen atoms in total. The van der Waals surface area contributed by atoms with Gasteiger partial charge in [0.25, 0.3) is 0 Å². The summed E-state index contributed by atoms with van der Waals surface area (Å²) in [6.07, 6.45) is 7.13. The highest BCUT2D eigenvalue weighted by Crippen LogP contribution is 2.12.